The van der Waals surface area contributed by atoms with Gasteiger partial charge in [0.15, 0.2) is 12.3 Å². The number of aliphatic hydroxyl groups is 1. The molecule has 0 unspecified atom stereocenters. The van der Waals surface area contributed by atoms with Crippen LogP contribution in [0.3, 0.4) is 0 Å². The van der Waals surface area contributed by atoms with Crippen LogP contribution in [0.15, 0.2) is 41.6 Å². The first-order valence-electron chi connectivity index (χ1n) is 12.9. The fraction of sp³-hybridized carbons (Fsp3) is 0.500. The zero-order valence-electron chi connectivity index (χ0n) is 22.2. The van der Waals surface area contributed by atoms with Gasteiger partial charge in [0.1, 0.15) is 17.5 Å². The largest absolute Gasteiger partial charge is 0.484 e. The van der Waals surface area contributed by atoms with Gasteiger partial charge in [-0.3, -0.25) is 14.2 Å². The zero-order chi connectivity index (χ0) is 27.6. The normalized spacial score (nSPS) is 17.3. The number of rotatable bonds is 6. The lowest BCUT2D eigenvalue weighted by molar-refractivity contribution is -0.137. The number of ether oxygens (including phenoxy) is 2. The minimum absolute atomic E-state index is 0.0541. The van der Waals surface area contributed by atoms with Crippen LogP contribution in [0, 0.1) is 0 Å². The number of carbonyl (C=O) groups is 2. The number of carbonyl (C=O) groups excluding carboxylic acids is 2. The van der Waals surface area contributed by atoms with Gasteiger partial charge in [0.05, 0.1) is 37.2 Å². The molecule has 0 radical (unpaired) electrons. The molecule has 1 N–H and O–H groups in total. The molecule has 2 saturated heterocycles. The SMILES string of the molecule is CN(C)C(=O)N1CCC(O)(Cn2cnc3c(cnn3-c3ccc(OCC(=O)N4CCOCC4)cc3)c2=O)CC1. The van der Waals surface area contributed by atoms with Crippen LogP contribution >= 0.6 is 0 Å². The van der Waals surface area contributed by atoms with Crippen molar-refractivity contribution in [3.8, 4) is 11.4 Å². The number of hydrogen-bond acceptors (Lipinski definition) is 8. The molecule has 0 spiro atoms. The van der Waals surface area contributed by atoms with Crippen LogP contribution < -0.4 is 10.3 Å². The molecule has 2 fully saturated rings. The Labute approximate surface area is 225 Å². The van der Waals surface area contributed by atoms with E-state index in [1.165, 1.54) is 22.0 Å². The summed E-state index contributed by atoms with van der Waals surface area (Å²) < 4.78 is 13.9. The first kappa shape index (κ1) is 26.6. The number of piperidine rings is 1. The molecule has 0 aliphatic carbocycles. The highest BCUT2D eigenvalue weighted by molar-refractivity contribution is 5.78. The quantitative estimate of drug-likeness (QED) is 0.474. The van der Waals surface area contributed by atoms with E-state index in [4.69, 9.17) is 9.47 Å². The summed E-state index contributed by atoms with van der Waals surface area (Å²) in [4.78, 5) is 47.1. The maximum Gasteiger partial charge on any atom is 0.319 e. The predicted octanol–water partition coefficient (Wildman–Crippen LogP) is 0.328. The van der Waals surface area contributed by atoms with Gasteiger partial charge >= 0.3 is 6.03 Å². The van der Waals surface area contributed by atoms with E-state index in [0.717, 1.165) is 0 Å². The third kappa shape index (κ3) is 5.73. The summed E-state index contributed by atoms with van der Waals surface area (Å²) in [6.45, 7) is 3.07. The summed E-state index contributed by atoms with van der Waals surface area (Å²) in [5.74, 6) is 0.455. The number of morpholine rings is 1. The van der Waals surface area contributed by atoms with Crippen LogP contribution in [0.25, 0.3) is 16.7 Å². The number of benzene rings is 1. The Morgan fingerprint density at radius 1 is 1.08 bits per heavy atom. The average Bonchev–Trinajstić information content (AvgIpc) is 3.39. The smallest absolute Gasteiger partial charge is 0.319 e. The molecule has 0 saturated carbocycles. The molecule has 0 atom stereocenters. The van der Waals surface area contributed by atoms with Gasteiger partial charge in [-0.25, -0.2) is 14.5 Å². The second kappa shape index (κ2) is 11.0. The highest BCUT2D eigenvalue weighted by atomic mass is 16.5. The van der Waals surface area contributed by atoms with Gasteiger partial charge < -0.3 is 29.3 Å². The monoisotopic (exact) mass is 539 g/mol. The van der Waals surface area contributed by atoms with Crippen LogP contribution in [0.5, 0.6) is 5.75 Å². The fourth-order valence-corrected chi connectivity index (χ4v) is 4.86. The van der Waals surface area contributed by atoms with Gasteiger partial charge in [0.2, 0.25) is 0 Å². The summed E-state index contributed by atoms with van der Waals surface area (Å²) in [6.07, 6.45) is 3.62. The van der Waals surface area contributed by atoms with Gasteiger partial charge in [0, 0.05) is 40.3 Å². The van der Waals surface area contributed by atoms with Crippen molar-refractivity contribution < 1.29 is 24.2 Å². The van der Waals surface area contributed by atoms with E-state index >= 15 is 0 Å². The van der Waals surface area contributed by atoms with Crippen molar-refractivity contribution >= 4 is 23.0 Å². The van der Waals surface area contributed by atoms with E-state index in [9.17, 15) is 19.5 Å². The van der Waals surface area contributed by atoms with E-state index in [0.29, 0.717) is 74.7 Å². The van der Waals surface area contributed by atoms with Crippen molar-refractivity contribution in [3.63, 3.8) is 0 Å². The third-order valence-corrected chi connectivity index (χ3v) is 7.17. The van der Waals surface area contributed by atoms with Crippen molar-refractivity contribution in [3.05, 3.63) is 47.1 Å². The summed E-state index contributed by atoms with van der Waals surface area (Å²) in [6, 6.07) is 6.93. The first-order valence-corrected chi connectivity index (χ1v) is 12.9. The Hall–Kier alpha value is -3.97. The van der Waals surface area contributed by atoms with Gasteiger partial charge in [0.25, 0.3) is 11.5 Å². The van der Waals surface area contributed by atoms with Crippen molar-refractivity contribution in [2.24, 2.45) is 0 Å². The summed E-state index contributed by atoms with van der Waals surface area (Å²) in [7, 11) is 3.39. The van der Waals surface area contributed by atoms with Crippen molar-refractivity contribution in [2.45, 2.75) is 25.0 Å². The van der Waals surface area contributed by atoms with Crippen molar-refractivity contribution in [1.82, 2.24) is 34.0 Å². The number of likely N-dealkylation sites (tertiary alicyclic amines) is 1. The highest BCUT2D eigenvalue weighted by Crippen LogP contribution is 2.25. The van der Waals surface area contributed by atoms with E-state index in [1.807, 2.05) is 0 Å². The molecule has 208 valence electrons. The van der Waals surface area contributed by atoms with Crippen LogP contribution in [0.4, 0.5) is 4.79 Å². The van der Waals surface area contributed by atoms with E-state index in [-0.39, 0.29) is 30.6 Å². The van der Waals surface area contributed by atoms with Gasteiger partial charge in [-0.1, -0.05) is 0 Å². The Morgan fingerprint density at radius 3 is 2.44 bits per heavy atom. The standard InChI is InChI=1S/C26H33N7O6/c1-29(2)25(36)31-9-7-26(37,8-10-31)17-32-18-27-23-21(24(32)35)15-28-33(23)19-3-5-20(6-4-19)39-16-22(34)30-11-13-38-14-12-30/h3-6,15,18,37H,7-14,16-17H2,1-2H3. The number of nitrogens with zero attached hydrogens (tertiary/aromatic N) is 7. The van der Waals surface area contributed by atoms with E-state index < -0.39 is 5.60 Å². The second-order valence-electron chi connectivity index (χ2n) is 10.1. The minimum Gasteiger partial charge on any atom is -0.484 e. The third-order valence-electron chi connectivity index (χ3n) is 7.17. The first-order chi connectivity index (χ1) is 18.7. The maximum absolute atomic E-state index is 13.2. The van der Waals surface area contributed by atoms with Gasteiger partial charge in [-0.2, -0.15) is 5.10 Å². The minimum atomic E-state index is -1.11. The fourth-order valence-electron chi connectivity index (χ4n) is 4.86. The molecule has 4 heterocycles. The van der Waals surface area contributed by atoms with Crippen LogP contribution in [-0.4, -0.2) is 117 Å². The average molecular weight is 540 g/mol. The molecule has 2 aromatic heterocycles. The van der Waals surface area contributed by atoms with Crippen molar-refractivity contribution in [1.29, 1.82) is 0 Å². The molecule has 1 aromatic carbocycles. The Balaban J connectivity index is 1.24. The second-order valence-corrected chi connectivity index (χ2v) is 10.1. The molecule has 39 heavy (non-hydrogen) atoms. The molecule has 13 nitrogen and oxygen atoms in total. The molecular weight excluding hydrogens is 506 g/mol. The lowest BCUT2D eigenvalue weighted by Crippen LogP contribution is -2.51. The van der Waals surface area contributed by atoms with Gasteiger partial charge in [-0.15, -0.1) is 0 Å². The number of urea groups is 1. The Morgan fingerprint density at radius 2 is 1.77 bits per heavy atom. The molecule has 0 bridgehead atoms. The molecule has 3 amide bonds. The van der Waals surface area contributed by atoms with Crippen LogP contribution in [0.2, 0.25) is 0 Å². The number of fused-ring (bicyclic) bond motifs is 1. The van der Waals surface area contributed by atoms with Crippen LogP contribution in [0.1, 0.15) is 12.8 Å². The number of aromatic nitrogens is 4. The number of amides is 3. The lowest BCUT2D eigenvalue weighted by Gasteiger charge is -2.39. The maximum atomic E-state index is 13.2. The van der Waals surface area contributed by atoms with E-state index in [2.05, 4.69) is 10.1 Å². The molecule has 2 aliphatic rings. The lowest BCUT2D eigenvalue weighted by atomic mass is 9.91. The van der Waals surface area contributed by atoms with Gasteiger partial charge in [-0.05, 0) is 37.1 Å². The molecular formula is C26H33N7O6. The number of hydrogen-bond donors (Lipinski definition) is 1. The van der Waals surface area contributed by atoms with Crippen molar-refractivity contribution in [2.75, 3.05) is 60.1 Å². The molecule has 3 aromatic rings. The zero-order valence-corrected chi connectivity index (χ0v) is 22.2. The summed E-state index contributed by atoms with van der Waals surface area (Å²) in [5, 5.41) is 15.8. The highest BCUT2D eigenvalue weighted by Gasteiger charge is 2.35. The topological polar surface area (TPSA) is 135 Å². The summed E-state index contributed by atoms with van der Waals surface area (Å²) >= 11 is 0. The molecule has 5 rings (SSSR count). The summed E-state index contributed by atoms with van der Waals surface area (Å²) in [5.41, 5.74) is -0.339. The predicted molar refractivity (Wildman–Crippen MR) is 141 cm³/mol. The molecule has 2 aliphatic heterocycles. The Kier molecular flexibility index (Phi) is 7.53. The van der Waals surface area contributed by atoms with E-state index in [1.54, 1.807) is 52.8 Å². The molecule has 13 heteroatoms. The van der Waals surface area contributed by atoms with Crippen LogP contribution in [-0.2, 0) is 16.1 Å². The Bertz CT molecular complexity index is 1390.